The molecule has 1 fully saturated rings. The zero-order valence-electron chi connectivity index (χ0n) is 16.3. The second-order valence-electron chi connectivity index (χ2n) is 7.36. The quantitative estimate of drug-likeness (QED) is 0.430. The molecule has 0 N–H and O–H groups in total. The SMILES string of the molecule is CC(=O)Oc1c(C)c(-c2ccc(N3CCC(F)(F)C3)cc2)nc2cc(F)cc(F)c12. The van der Waals surface area contributed by atoms with Crippen LogP contribution in [0, 0.1) is 18.6 Å². The molecule has 2 heterocycles. The number of fused-ring (bicyclic) bond motifs is 1. The molecule has 0 bridgehead atoms. The predicted octanol–water partition coefficient (Wildman–Crippen LogP) is 5.26. The lowest BCUT2D eigenvalue weighted by Gasteiger charge is -2.19. The summed E-state index contributed by atoms with van der Waals surface area (Å²) in [5.41, 5.74) is 2.03. The number of rotatable bonds is 3. The molecule has 8 heteroatoms. The Hall–Kier alpha value is -3.16. The first-order valence-corrected chi connectivity index (χ1v) is 9.35. The lowest BCUT2D eigenvalue weighted by atomic mass is 10.0. The van der Waals surface area contributed by atoms with E-state index < -0.39 is 23.5 Å². The molecule has 1 saturated heterocycles. The summed E-state index contributed by atoms with van der Waals surface area (Å²) in [6.45, 7) is 2.73. The maximum atomic E-state index is 14.4. The van der Waals surface area contributed by atoms with Crippen molar-refractivity contribution in [2.75, 3.05) is 18.0 Å². The van der Waals surface area contributed by atoms with Gasteiger partial charge >= 0.3 is 5.97 Å². The molecule has 0 spiro atoms. The number of aromatic nitrogens is 1. The molecular formula is C22H18F4N2O2. The van der Waals surface area contributed by atoms with Crippen LogP contribution in [0.3, 0.4) is 0 Å². The Balaban J connectivity index is 1.80. The van der Waals surface area contributed by atoms with E-state index in [0.717, 1.165) is 6.07 Å². The number of alkyl halides is 2. The molecule has 4 rings (SSSR count). The average Bonchev–Trinajstić information content (AvgIpc) is 3.03. The van der Waals surface area contributed by atoms with E-state index >= 15 is 0 Å². The van der Waals surface area contributed by atoms with Crippen LogP contribution < -0.4 is 9.64 Å². The smallest absolute Gasteiger partial charge is 0.308 e. The van der Waals surface area contributed by atoms with E-state index in [2.05, 4.69) is 4.98 Å². The lowest BCUT2D eigenvalue weighted by molar-refractivity contribution is -0.131. The largest absolute Gasteiger partial charge is 0.426 e. The highest BCUT2D eigenvalue weighted by molar-refractivity contribution is 5.92. The Bertz CT molecular complexity index is 1150. The minimum absolute atomic E-state index is 0.00705. The van der Waals surface area contributed by atoms with Crippen LogP contribution in [-0.2, 0) is 4.79 Å². The van der Waals surface area contributed by atoms with Crippen LogP contribution in [0.2, 0.25) is 0 Å². The molecule has 1 aromatic heterocycles. The Morgan fingerprint density at radius 3 is 2.47 bits per heavy atom. The zero-order valence-corrected chi connectivity index (χ0v) is 16.3. The van der Waals surface area contributed by atoms with Gasteiger partial charge in [0.25, 0.3) is 5.92 Å². The summed E-state index contributed by atoms with van der Waals surface area (Å²) in [6, 6.07) is 8.55. The van der Waals surface area contributed by atoms with Gasteiger partial charge in [-0.25, -0.2) is 22.5 Å². The number of carbonyl (C=O) groups excluding carboxylic acids is 1. The maximum absolute atomic E-state index is 14.4. The highest BCUT2D eigenvalue weighted by Crippen LogP contribution is 2.38. The number of anilines is 1. The second kappa shape index (κ2) is 7.27. The van der Waals surface area contributed by atoms with Crippen LogP contribution in [0.1, 0.15) is 18.9 Å². The van der Waals surface area contributed by atoms with Gasteiger partial charge in [0.2, 0.25) is 0 Å². The first-order valence-electron chi connectivity index (χ1n) is 9.35. The van der Waals surface area contributed by atoms with Crippen molar-refractivity contribution in [3.05, 3.63) is 53.6 Å². The zero-order chi connectivity index (χ0) is 21.6. The molecule has 3 aromatic rings. The van der Waals surface area contributed by atoms with Crippen molar-refractivity contribution in [1.29, 1.82) is 0 Å². The Morgan fingerprint density at radius 2 is 1.87 bits per heavy atom. The van der Waals surface area contributed by atoms with Crippen LogP contribution in [0.25, 0.3) is 22.2 Å². The summed E-state index contributed by atoms with van der Waals surface area (Å²) in [7, 11) is 0. The summed E-state index contributed by atoms with van der Waals surface area (Å²) in [4.78, 5) is 17.6. The van der Waals surface area contributed by atoms with Gasteiger partial charge in [-0.3, -0.25) is 4.79 Å². The summed E-state index contributed by atoms with van der Waals surface area (Å²) >= 11 is 0. The van der Waals surface area contributed by atoms with Gasteiger partial charge in [0.05, 0.1) is 23.1 Å². The Kier molecular flexibility index (Phi) is 4.88. The molecule has 0 radical (unpaired) electrons. The minimum Gasteiger partial charge on any atom is -0.426 e. The molecule has 0 aliphatic carbocycles. The van der Waals surface area contributed by atoms with Gasteiger partial charge in [-0.2, -0.15) is 0 Å². The van der Waals surface area contributed by atoms with Gasteiger partial charge in [-0.05, 0) is 19.1 Å². The normalized spacial score (nSPS) is 15.6. The number of benzene rings is 2. The van der Waals surface area contributed by atoms with Crippen LogP contribution >= 0.6 is 0 Å². The fourth-order valence-corrected chi connectivity index (χ4v) is 3.71. The van der Waals surface area contributed by atoms with Crippen molar-refractivity contribution in [3.8, 4) is 17.0 Å². The van der Waals surface area contributed by atoms with Gasteiger partial charge in [-0.15, -0.1) is 0 Å². The van der Waals surface area contributed by atoms with E-state index in [1.165, 1.54) is 6.92 Å². The fraction of sp³-hybridized carbons (Fsp3) is 0.273. The molecule has 0 saturated carbocycles. The summed E-state index contributed by atoms with van der Waals surface area (Å²) in [5.74, 6) is -5.06. The summed E-state index contributed by atoms with van der Waals surface area (Å²) in [5, 5.41) is -0.0798. The van der Waals surface area contributed by atoms with Gasteiger partial charge in [-0.1, -0.05) is 12.1 Å². The van der Waals surface area contributed by atoms with Crippen LogP contribution in [0.15, 0.2) is 36.4 Å². The van der Waals surface area contributed by atoms with Crippen molar-refractivity contribution in [3.63, 3.8) is 0 Å². The summed E-state index contributed by atoms with van der Waals surface area (Å²) in [6.07, 6.45) is -0.192. The Labute approximate surface area is 170 Å². The van der Waals surface area contributed by atoms with E-state index in [9.17, 15) is 22.4 Å². The Morgan fingerprint density at radius 1 is 1.17 bits per heavy atom. The van der Waals surface area contributed by atoms with E-state index in [1.54, 1.807) is 36.1 Å². The molecule has 1 aliphatic heterocycles. The van der Waals surface area contributed by atoms with Crippen LogP contribution in [0.4, 0.5) is 23.2 Å². The van der Waals surface area contributed by atoms with Crippen molar-refractivity contribution in [2.45, 2.75) is 26.2 Å². The predicted molar refractivity (Wildman–Crippen MR) is 105 cm³/mol. The summed E-state index contributed by atoms with van der Waals surface area (Å²) < 4.78 is 60.4. The van der Waals surface area contributed by atoms with Gasteiger partial charge in [0.15, 0.2) is 0 Å². The monoisotopic (exact) mass is 418 g/mol. The standard InChI is InChI=1S/C22H18F4N2O2/c1-12-20(14-3-5-16(6-4-14)28-8-7-22(25,26)11-28)27-18-10-15(23)9-17(24)19(18)21(12)30-13(2)29/h3-6,9-10H,7-8,11H2,1-2H3. The number of hydrogen-bond acceptors (Lipinski definition) is 4. The molecule has 30 heavy (non-hydrogen) atoms. The topological polar surface area (TPSA) is 42.4 Å². The van der Waals surface area contributed by atoms with Gasteiger partial charge in [0.1, 0.15) is 17.4 Å². The molecule has 0 unspecified atom stereocenters. The van der Waals surface area contributed by atoms with E-state index in [1.807, 2.05) is 0 Å². The molecule has 0 atom stereocenters. The highest BCUT2D eigenvalue weighted by atomic mass is 19.3. The second-order valence-corrected chi connectivity index (χ2v) is 7.36. The fourth-order valence-electron chi connectivity index (χ4n) is 3.71. The highest BCUT2D eigenvalue weighted by Gasteiger charge is 2.38. The average molecular weight is 418 g/mol. The third-order valence-corrected chi connectivity index (χ3v) is 5.11. The van der Waals surface area contributed by atoms with E-state index in [-0.39, 0.29) is 36.2 Å². The van der Waals surface area contributed by atoms with Crippen LogP contribution in [0.5, 0.6) is 5.75 Å². The third kappa shape index (κ3) is 3.69. The number of carbonyl (C=O) groups is 1. The molecule has 156 valence electrons. The number of esters is 1. The van der Waals surface area contributed by atoms with Gasteiger partial charge in [0, 0.05) is 48.8 Å². The first-order chi connectivity index (χ1) is 14.1. The third-order valence-electron chi connectivity index (χ3n) is 5.11. The van der Waals surface area contributed by atoms with Crippen molar-refractivity contribution >= 4 is 22.6 Å². The maximum Gasteiger partial charge on any atom is 0.308 e. The minimum atomic E-state index is -2.71. The first kappa shape index (κ1) is 20.1. The molecule has 1 aliphatic rings. The van der Waals surface area contributed by atoms with Crippen molar-refractivity contribution in [2.24, 2.45) is 0 Å². The number of pyridine rings is 1. The number of halogens is 4. The van der Waals surface area contributed by atoms with E-state index in [4.69, 9.17) is 4.74 Å². The molecule has 0 amide bonds. The number of nitrogens with zero attached hydrogens (tertiary/aromatic N) is 2. The van der Waals surface area contributed by atoms with Crippen molar-refractivity contribution < 1.29 is 27.1 Å². The van der Waals surface area contributed by atoms with E-state index in [0.29, 0.717) is 28.6 Å². The lowest BCUT2D eigenvalue weighted by Crippen LogP contribution is -2.24. The molecule has 2 aromatic carbocycles. The van der Waals surface area contributed by atoms with Gasteiger partial charge < -0.3 is 9.64 Å². The number of hydrogen-bond donors (Lipinski definition) is 0. The van der Waals surface area contributed by atoms with Crippen LogP contribution in [-0.4, -0.2) is 30.0 Å². The van der Waals surface area contributed by atoms with Crippen molar-refractivity contribution in [1.82, 2.24) is 4.98 Å². The number of ether oxygens (including phenoxy) is 1. The molecule has 4 nitrogen and oxygen atoms in total. The molecular weight excluding hydrogens is 400 g/mol.